The minimum Gasteiger partial charge on any atom is -0.391 e. The molecule has 1 saturated heterocycles. The van der Waals surface area contributed by atoms with Crippen LogP contribution in [0.15, 0.2) is 12.3 Å². The van der Waals surface area contributed by atoms with Gasteiger partial charge in [0.25, 0.3) is 0 Å². The van der Waals surface area contributed by atoms with Crippen molar-refractivity contribution in [1.82, 2.24) is 20.2 Å². The van der Waals surface area contributed by atoms with E-state index in [0.717, 1.165) is 11.4 Å². The fraction of sp³-hybridized carbons (Fsp3) is 0.429. The number of nitrogens with zero attached hydrogens (tertiary/aromatic N) is 5. The largest absolute Gasteiger partial charge is 0.391 e. The summed E-state index contributed by atoms with van der Waals surface area (Å²) in [5, 5.41) is 26.2. The van der Waals surface area contributed by atoms with Crippen molar-refractivity contribution in [3.63, 3.8) is 0 Å². The molecule has 0 unspecified atom stereocenters. The van der Waals surface area contributed by atoms with Gasteiger partial charge in [-0.25, -0.2) is 4.98 Å². The summed E-state index contributed by atoms with van der Waals surface area (Å²) >= 11 is 0. The van der Waals surface area contributed by atoms with Crippen LogP contribution in [0.1, 0.15) is 17.0 Å². The highest BCUT2D eigenvalue weighted by molar-refractivity contribution is 5.50. The summed E-state index contributed by atoms with van der Waals surface area (Å²) in [6.45, 7) is 3.01. The fourth-order valence-corrected chi connectivity index (χ4v) is 2.69. The summed E-state index contributed by atoms with van der Waals surface area (Å²) < 4.78 is 0. The van der Waals surface area contributed by atoms with Gasteiger partial charge >= 0.3 is 0 Å². The zero-order chi connectivity index (χ0) is 15.7. The van der Waals surface area contributed by atoms with Crippen LogP contribution in [0.5, 0.6) is 0 Å². The first-order valence-corrected chi connectivity index (χ1v) is 7.03. The summed E-state index contributed by atoms with van der Waals surface area (Å²) in [4.78, 5) is 10.2. The molecule has 0 radical (unpaired) electrons. The number of aromatic nitrogens is 4. The van der Waals surface area contributed by atoms with Crippen LogP contribution in [0.3, 0.4) is 0 Å². The van der Waals surface area contributed by atoms with Crippen molar-refractivity contribution in [3.8, 4) is 6.07 Å². The quantitative estimate of drug-likeness (QED) is 0.727. The average molecular weight is 299 g/mol. The lowest BCUT2D eigenvalue weighted by Gasteiger charge is -2.15. The van der Waals surface area contributed by atoms with Gasteiger partial charge in [-0.05, 0) is 19.4 Å². The molecular formula is C14H17N7O. The summed E-state index contributed by atoms with van der Waals surface area (Å²) in [5.74, 6) is 0.660. The van der Waals surface area contributed by atoms with E-state index in [-0.39, 0.29) is 17.3 Å². The maximum absolute atomic E-state index is 10.2. The van der Waals surface area contributed by atoms with Gasteiger partial charge in [0.05, 0.1) is 18.0 Å². The highest BCUT2D eigenvalue weighted by Gasteiger charge is 2.33. The number of nitrogens with one attached hydrogen (secondary N) is 1. The van der Waals surface area contributed by atoms with Gasteiger partial charge in [0.15, 0.2) is 0 Å². The number of hydrogen-bond donors (Lipinski definition) is 3. The van der Waals surface area contributed by atoms with Crippen molar-refractivity contribution < 1.29 is 5.11 Å². The third-order valence-electron chi connectivity index (χ3n) is 3.85. The molecule has 0 amide bonds. The molecule has 1 aliphatic heterocycles. The molecule has 0 spiro atoms. The van der Waals surface area contributed by atoms with Crippen molar-refractivity contribution in [1.29, 1.82) is 5.26 Å². The van der Waals surface area contributed by atoms with Crippen molar-refractivity contribution in [2.24, 2.45) is 5.92 Å². The van der Waals surface area contributed by atoms with Crippen LogP contribution in [0, 0.1) is 24.2 Å². The standard InChI is InChI=1S/C14H17N7O/c1-8-2-11(20-19-8)3-9-6-21(7-12(9)22)14-17-5-10(4-15)13(16)18-14/h2,5,9,12,22H,3,6-7H2,1H3,(H,19,20)(H2,16,17,18)/t9-,12+/m1/s1. The average Bonchev–Trinajstić information content (AvgIpc) is 3.06. The van der Waals surface area contributed by atoms with Gasteiger partial charge in [0.2, 0.25) is 5.95 Å². The maximum Gasteiger partial charge on any atom is 0.227 e. The minimum absolute atomic E-state index is 0.0585. The van der Waals surface area contributed by atoms with E-state index in [1.54, 1.807) is 0 Å². The predicted molar refractivity (Wildman–Crippen MR) is 79.9 cm³/mol. The molecule has 3 rings (SSSR count). The summed E-state index contributed by atoms with van der Waals surface area (Å²) in [5.41, 5.74) is 7.91. The first-order chi connectivity index (χ1) is 10.6. The Balaban J connectivity index is 1.72. The minimum atomic E-state index is -0.475. The van der Waals surface area contributed by atoms with Crippen LogP contribution in [-0.4, -0.2) is 44.5 Å². The molecule has 0 saturated carbocycles. The van der Waals surface area contributed by atoms with Crippen LogP contribution in [0.4, 0.5) is 11.8 Å². The molecule has 2 aromatic heterocycles. The number of β-amino-alcohol motifs (C(OH)–C–C–N with tert-alkyl or cyclic N) is 1. The fourth-order valence-electron chi connectivity index (χ4n) is 2.69. The highest BCUT2D eigenvalue weighted by atomic mass is 16.3. The van der Waals surface area contributed by atoms with Gasteiger partial charge in [-0.15, -0.1) is 0 Å². The van der Waals surface area contributed by atoms with Crippen LogP contribution in [0.25, 0.3) is 0 Å². The Labute approximate surface area is 127 Å². The maximum atomic E-state index is 10.2. The van der Waals surface area contributed by atoms with Crippen molar-refractivity contribution in [2.45, 2.75) is 19.4 Å². The van der Waals surface area contributed by atoms with Crippen molar-refractivity contribution >= 4 is 11.8 Å². The summed E-state index contributed by atoms with van der Waals surface area (Å²) in [6.07, 6.45) is 1.62. The SMILES string of the molecule is Cc1cc(C[C@@H]2CN(c3ncc(C#N)c(N)n3)C[C@@H]2O)n[nH]1. The summed E-state index contributed by atoms with van der Waals surface area (Å²) in [7, 11) is 0. The Morgan fingerprint density at radius 2 is 2.36 bits per heavy atom. The number of nitriles is 1. The van der Waals surface area contributed by atoms with E-state index in [9.17, 15) is 5.11 Å². The van der Waals surface area contributed by atoms with Crippen LogP contribution < -0.4 is 10.6 Å². The lowest BCUT2D eigenvalue weighted by Crippen LogP contribution is -2.23. The number of aliphatic hydroxyl groups excluding tert-OH is 1. The van der Waals surface area contributed by atoms with E-state index in [1.165, 1.54) is 6.20 Å². The first kappa shape index (κ1) is 14.3. The monoisotopic (exact) mass is 299 g/mol. The van der Waals surface area contributed by atoms with E-state index in [4.69, 9.17) is 11.0 Å². The second-order valence-corrected chi connectivity index (χ2v) is 5.56. The predicted octanol–water partition coefficient (Wildman–Crippen LogP) is 0.00180. The number of aliphatic hydroxyl groups is 1. The second-order valence-electron chi connectivity index (χ2n) is 5.56. The molecule has 22 heavy (non-hydrogen) atoms. The van der Waals surface area contributed by atoms with Crippen molar-refractivity contribution in [3.05, 3.63) is 29.2 Å². The second kappa shape index (κ2) is 5.61. The Morgan fingerprint density at radius 1 is 1.55 bits per heavy atom. The number of hydrogen-bond acceptors (Lipinski definition) is 7. The Morgan fingerprint density at radius 3 is 3.00 bits per heavy atom. The molecule has 0 aliphatic carbocycles. The molecule has 8 nitrogen and oxygen atoms in total. The number of aromatic amines is 1. The molecular weight excluding hydrogens is 282 g/mol. The Hall–Kier alpha value is -2.66. The number of H-pyrrole nitrogens is 1. The third-order valence-corrected chi connectivity index (χ3v) is 3.85. The van der Waals surface area contributed by atoms with Gasteiger partial charge < -0.3 is 15.7 Å². The number of anilines is 2. The number of nitrogen functional groups attached to an aromatic ring is 1. The molecule has 8 heteroatoms. The first-order valence-electron chi connectivity index (χ1n) is 7.03. The molecule has 2 aromatic rings. The number of nitrogens with two attached hydrogens (primary N) is 1. The van der Waals surface area contributed by atoms with Crippen LogP contribution in [-0.2, 0) is 6.42 Å². The van der Waals surface area contributed by atoms with E-state index in [0.29, 0.717) is 25.5 Å². The third kappa shape index (κ3) is 2.71. The number of rotatable bonds is 3. The van der Waals surface area contributed by atoms with Crippen LogP contribution >= 0.6 is 0 Å². The van der Waals surface area contributed by atoms with Gasteiger partial charge in [0.1, 0.15) is 17.5 Å². The highest BCUT2D eigenvalue weighted by Crippen LogP contribution is 2.25. The van der Waals surface area contributed by atoms with Gasteiger partial charge in [-0.2, -0.15) is 15.3 Å². The van der Waals surface area contributed by atoms with Gasteiger partial charge in [0, 0.05) is 24.7 Å². The Kier molecular flexibility index (Phi) is 3.65. The van der Waals surface area contributed by atoms with Gasteiger partial charge in [-0.3, -0.25) is 5.10 Å². The normalized spacial score (nSPS) is 21.0. The lowest BCUT2D eigenvalue weighted by atomic mass is 10.0. The molecule has 1 fully saturated rings. The zero-order valence-corrected chi connectivity index (χ0v) is 12.2. The molecule has 0 bridgehead atoms. The van der Waals surface area contributed by atoms with E-state index in [1.807, 2.05) is 24.0 Å². The summed E-state index contributed by atoms with van der Waals surface area (Å²) in [6, 6.07) is 3.91. The van der Waals surface area contributed by atoms with Crippen LogP contribution in [0.2, 0.25) is 0 Å². The van der Waals surface area contributed by atoms with E-state index < -0.39 is 6.10 Å². The number of aryl methyl sites for hydroxylation is 1. The molecule has 114 valence electrons. The Bertz CT molecular complexity index is 720. The van der Waals surface area contributed by atoms with Crippen molar-refractivity contribution in [2.75, 3.05) is 23.7 Å². The lowest BCUT2D eigenvalue weighted by molar-refractivity contribution is 0.148. The van der Waals surface area contributed by atoms with Gasteiger partial charge in [-0.1, -0.05) is 0 Å². The molecule has 1 aliphatic rings. The van der Waals surface area contributed by atoms with E-state index >= 15 is 0 Å². The zero-order valence-electron chi connectivity index (χ0n) is 12.2. The molecule has 3 heterocycles. The van der Waals surface area contributed by atoms with E-state index in [2.05, 4.69) is 20.2 Å². The molecule has 4 N–H and O–H groups in total. The molecule has 2 atom stereocenters. The molecule has 0 aromatic carbocycles. The smallest absolute Gasteiger partial charge is 0.227 e. The topological polar surface area (TPSA) is 128 Å².